The van der Waals surface area contributed by atoms with Gasteiger partial charge in [0.05, 0.1) is 10.7 Å². The largest absolute Gasteiger partial charge is 0.484 e. The first-order valence-electron chi connectivity index (χ1n) is 7.67. The maximum atomic E-state index is 13.7. The summed E-state index contributed by atoms with van der Waals surface area (Å²) in [7, 11) is 0. The van der Waals surface area contributed by atoms with Crippen LogP contribution in [-0.4, -0.2) is 17.5 Å². The van der Waals surface area contributed by atoms with Crippen molar-refractivity contribution in [3.05, 3.63) is 77.7 Å². The lowest BCUT2D eigenvalue weighted by atomic mass is 10.3. The molecule has 0 aliphatic rings. The molecule has 0 bridgehead atoms. The molecule has 0 aliphatic carbocycles. The highest BCUT2D eigenvalue weighted by atomic mass is 35.5. The molecule has 1 amide bonds. The van der Waals surface area contributed by atoms with E-state index in [4.69, 9.17) is 21.1 Å². The number of anilines is 1. The summed E-state index contributed by atoms with van der Waals surface area (Å²) in [4.78, 5) is 15.9. The van der Waals surface area contributed by atoms with E-state index >= 15 is 0 Å². The fraction of sp³-hybridized carbons (Fsp3) is 0.0526. The molecule has 2 aromatic carbocycles. The zero-order valence-corrected chi connectivity index (χ0v) is 14.2. The van der Waals surface area contributed by atoms with Gasteiger partial charge in [-0.2, -0.15) is 0 Å². The number of carbonyl (C=O) groups excluding carboxylic acids is 1. The SMILES string of the molecule is O=C(COc1ccc(Oc2ccccn2)cc1)Nc1cccc(Cl)c1F. The Kier molecular flexibility index (Phi) is 5.66. The minimum atomic E-state index is -0.682. The van der Waals surface area contributed by atoms with E-state index in [-0.39, 0.29) is 17.3 Å². The van der Waals surface area contributed by atoms with Crippen molar-refractivity contribution in [2.45, 2.75) is 0 Å². The summed E-state index contributed by atoms with van der Waals surface area (Å²) in [6.45, 7) is -0.271. The Morgan fingerprint density at radius 1 is 1.04 bits per heavy atom. The first kappa shape index (κ1) is 17.7. The monoisotopic (exact) mass is 372 g/mol. The number of hydrogen-bond acceptors (Lipinski definition) is 4. The van der Waals surface area contributed by atoms with E-state index in [2.05, 4.69) is 10.3 Å². The van der Waals surface area contributed by atoms with E-state index in [1.165, 1.54) is 12.1 Å². The van der Waals surface area contributed by atoms with Gasteiger partial charge in [-0.1, -0.05) is 23.7 Å². The van der Waals surface area contributed by atoms with E-state index in [0.29, 0.717) is 17.4 Å². The van der Waals surface area contributed by atoms with Gasteiger partial charge in [0, 0.05) is 12.3 Å². The van der Waals surface area contributed by atoms with Crippen LogP contribution in [0.3, 0.4) is 0 Å². The zero-order valence-electron chi connectivity index (χ0n) is 13.5. The van der Waals surface area contributed by atoms with Crippen LogP contribution in [0, 0.1) is 5.82 Å². The van der Waals surface area contributed by atoms with Crippen LogP contribution in [0.1, 0.15) is 0 Å². The molecule has 3 aromatic rings. The minimum absolute atomic E-state index is 0.00482. The van der Waals surface area contributed by atoms with Crippen LogP contribution >= 0.6 is 11.6 Å². The van der Waals surface area contributed by atoms with Gasteiger partial charge < -0.3 is 14.8 Å². The maximum absolute atomic E-state index is 13.7. The number of halogens is 2. The van der Waals surface area contributed by atoms with Crippen molar-refractivity contribution in [2.75, 3.05) is 11.9 Å². The number of benzene rings is 2. The number of hydrogen-bond donors (Lipinski definition) is 1. The van der Waals surface area contributed by atoms with Gasteiger partial charge in [-0.25, -0.2) is 9.37 Å². The second kappa shape index (κ2) is 8.31. The molecule has 0 saturated carbocycles. The van der Waals surface area contributed by atoms with Gasteiger partial charge in [0.1, 0.15) is 11.5 Å². The highest BCUT2D eigenvalue weighted by Crippen LogP contribution is 2.23. The fourth-order valence-electron chi connectivity index (χ4n) is 2.07. The molecule has 1 N–H and O–H groups in total. The number of carbonyl (C=O) groups is 1. The predicted octanol–water partition coefficient (Wildman–Crippen LogP) is 4.68. The number of ether oxygens (including phenoxy) is 2. The summed E-state index contributed by atoms with van der Waals surface area (Å²) in [6.07, 6.45) is 1.63. The van der Waals surface area contributed by atoms with E-state index in [1.807, 2.05) is 6.07 Å². The average molecular weight is 373 g/mol. The quantitative estimate of drug-likeness (QED) is 0.682. The number of rotatable bonds is 6. The molecule has 7 heteroatoms. The zero-order chi connectivity index (χ0) is 18.4. The number of nitrogens with one attached hydrogen (secondary N) is 1. The lowest BCUT2D eigenvalue weighted by Crippen LogP contribution is -2.20. The van der Waals surface area contributed by atoms with Crippen molar-refractivity contribution < 1.29 is 18.7 Å². The summed E-state index contributed by atoms with van der Waals surface area (Å²) < 4.78 is 24.7. The third kappa shape index (κ3) is 4.70. The molecule has 1 aromatic heterocycles. The van der Waals surface area contributed by atoms with Crippen molar-refractivity contribution in [2.24, 2.45) is 0 Å². The second-order valence-electron chi connectivity index (χ2n) is 5.18. The van der Waals surface area contributed by atoms with E-state index in [0.717, 1.165) is 0 Å². The molecule has 132 valence electrons. The van der Waals surface area contributed by atoms with Crippen LogP contribution in [0.5, 0.6) is 17.4 Å². The second-order valence-corrected chi connectivity index (χ2v) is 5.59. The van der Waals surface area contributed by atoms with E-state index < -0.39 is 11.7 Å². The topological polar surface area (TPSA) is 60.5 Å². The first-order valence-corrected chi connectivity index (χ1v) is 8.05. The Hall–Kier alpha value is -3.12. The van der Waals surface area contributed by atoms with E-state index in [9.17, 15) is 9.18 Å². The van der Waals surface area contributed by atoms with Gasteiger partial charge in [0.2, 0.25) is 5.88 Å². The molecule has 5 nitrogen and oxygen atoms in total. The number of pyridine rings is 1. The first-order chi connectivity index (χ1) is 12.6. The van der Waals surface area contributed by atoms with E-state index in [1.54, 1.807) is 48.7 Å². The lowest BCUT2D eigenvalue weighted by molar-refractivity contribution is -0.118. The van der Waals surface area contributed by atoms with Crippen LogP contribution in [0.15, 0.2) is 66.9 Å². The Labute approximate surface area is 154 Å². The molecule has 0 spiro atoms. The average Bonchev–Trinajstić information content (AvgIpc) is 2.66. The Morgan fingerprint density at radius 2 is 1.81 bits per heavy atom. The Morgan fingerprint density at radius 3 is 2.54 bits per heavy atom. The van der Waals surface area contributed by atoms with Crippen molar-refractivity contribution in [3.63, 3.8) is 0 Å². The normalized spacial score (nSPS) is 10.2. The van der Waals surface area contributed by atoms with Crippen LogP contribution in [-0.2, 0) is 4.79 Å². The molecule has 0 unspecified atom stereocenters. The summed E-state index contributed by atoms with van der Waals surface area (Å²) in [6, 6.07) is 16.4. The standard InChI is InChI=1S/C19H14ClFN2O3/c20-15-4-3-5-16(19(15)21)23-17(24)12-25-13-7-9-14(10-8-13)26-18-6-1-2-11-22-18/h1-11H,12H2,(H,23,24). The lowest BCUT2D eigenvalue weighted by Gasteiger charge is -2.09. The van der Waals surface area contributed by atoms with Gasteiger partial charge in [-0.05, 0) is 42.5 Å². The summed E-state index contributed by atoms with van der Waals surface area (Å²) in [5.74, 6) is 0.351. The van der Waals surface area contributed by atoms with Gasteiger partial charge in [0.15, 0.2) is 12.4 Å². The van der Waals surface area contributed by atoms with Crippen LogP contribution in [0.4, 0.5) is 10.1 Å². The molecule has 0 fully saturated rings. The highest BCUT2D eigenvalue weighted by molar-refractivity contribution is 6.31. The summed E-state index contributed by atoms with van der Waals surface area (Å²) >= 11 is 5.67. The fourth-order valence-corrected chi connectivity index (χ4v) is 2.24. The molecule has 0 atom stereocenters. The number of aromatic nitrogens is 1. The van der Waals surface area contributed by atoms with Crippen LogP contribution < -0.4 is 14.8 Å². The Balaban J connectivity index is 1.53. The molecular formula is C19H14ClFN2O3. The van der Waals surface area contributed by atoms with Crippen molar-refractivity contribution in [1.29, 1.82) is 0 Å². The van der Waals surface area contributed by atoms with Crippen LogP contribution in [0.2, 0.25) is 5.02 Å². The predicted molar refractivity (Wildman–Crippen MR) is 96.3 cm³/mol. The third-order valence-corrected chi connectivity index (χ3v) is 3.57. The smallest absolute Gasteiger partial charge is 0.262 e. The van der Waals surface area contributed by atoms with Gasteiger partial charge in [-0.15, -0.1) is 0 Å². The highest BCUT2D eigenvalue weighted by Gasteiger charge is 2.10. The van der Waals surface area contributed by atoms with Gasteiger partial charge in [0.25, 0.3) is 5.91 Å². The molecule has 3 rings (SSSR count). The molecule has 0 radical (unpaired) electrons. The van der Waals surface area contributed by atoms with Crippen LogP contribution in [0.25, 0.3) is 0 Å². The van der Waals surface area contributed by atoms with Crippen molar-refractivity contribution in [1.82, 2.24) is 4.98 Å². The minimum Gasteiger partial charge on any atom is -0.484 e. The number of nitrogens with zero attached hydrogens (tertiary/aromatic N) is 1. The summed E-state index contributed by atoms with van der Waals surface area (Å²) in [5.41, 5.74) is 0.00482. The van der Waals surface area contributed by atoms with Gasteiger partial charge in [-0.3, -0.25) is 4.79 Å². The molecule has 0 aliphatic heterocycles. The molecule has 1 heterocycles. The molecular weight excluding hydrogens is 359 g/mol. The molecule has 0 saturated heterocycles. The summed E-state index contributed by atoms with van der Waals surface area (Å²) in [5, 5.41) is 2.35. The maximum Gasteiger partial charge on any atom is 0.262 e. The Bertz CT molecular complexity index is 889. The van der Waals surface area contributed by atoms with Crippen molar-refractivity contribution in [3.8, 4) is 17.4 Å². The van der Waals surface area contributed by atoms with Gasteiger partial charge >= 0.3 is 0 Å². The third-order valence-electron chi connectivity index (χ3n) is 3.28. The van der Waals surface area contributed by atoms with Crippen molar-refractivity contribution >= 4 is 23.2 Å². The molecule has 26 heavy (non-hydrogen) atoms. The number of amides is 1.